The lowest BCUT2D eigenvalue weighted by Crippen LogP contribution is -2.31. The topological polar surface area (TPSA) is 162 Å². The first-order chi connectivity index (χ1) is 20.6. The first-order valence-corrected chi connectivity index (χ1v) is 16.4. The number of nitrogens with one attached hydrogen (secondary N) is 3. The summed E-state index contributed by atoms with van der Waals surface area (Å²) in [4.78, 5) is 19.6. The maximum Gasteiger partial charge on any atom is 0.242 e. The summed E-state index contributed by atoms with van der Waals surface area (Å²) < 4.78 is 56.6. The Hall–Kier alpha value is -4.83. The number of H-pyrrole nitrogens is 1. The van der Waals surface area contributed by atoms with Crippen molar-refractivity contribution in [2.75, 3.05) is 0 Å². The fourth-order valence-corrected chi connectivity index (χ4v) is 7.76. The summed E-state index contributed by atoms with van der Waals surface area (Å²) in [6.45, 7) is 0. The highest BCUT2D eigenvalue weighted by atomic mass is 32.2. The number of hydrogen-bond acceptors (Lipinski definition) is 7. The summed E-state index contributed by atoms with van der Waals surface area (Å²) in [5, 5.41) is 8.23. The van der Waals surface area contributed by atoms with Crippen LogP contribution in [0.15, 0.2) is 102 Å². The standard InChI is InChI=1S/C31H25N5O5S2/c32-19-21-4-3-5-24(16-21)22-12-14-25(15-13-22)42(38,39)35-28(31-33-26-6-1-2-7-27(26)34-31)17-20-8-10-23(11-9-20)29-18-30(37)36-43(29,40)41/h1-16,28-29,35H,17-18H2,(H,33,34)(H,36,37). The third kappa shape index (κ3) is 5.91. The molecule has 0 bridgehead atoms. The fourth-order valence-electron chi connectivity index (χ4n) is 5.13. The molecule has 0 aliphatic carbocycles. The minimum absolute atomic E-state index is 0.0627. The van der Waals surface area contributed by atoms with Crippen molar-refractivity contribution in [2.45, 2.75) is 29.0 Å². The number of nitriles is 1. The molecule has 2 atom stereocenters. The monoisotopic (exact) mass is 611 g/mol. The van der Waals surface area contributed by atoms with E-state index in [1.165, 1.54) is 12.1 Å². The third-order valence-electron chi connectivity index (χ3n) is 7.32. The molecule has 12 heteroatoms. The van der Waals surface area contributed by atoms with Crippen molar-refractivity contribution in [3.8, 4) is 17.2 Å². The molecule has 1 amide bonds. The van der Waals surface area contributed by atoms with Crippen molar-refractivity contribution in [2.24, 2.45) is 0 Å². The van der Waals surface area contributed by atoms with E-state index in [0.29, 0.717) is 22.5 Å². The van der Waals surface area contributed by atoms with Crippen LogP contribution in [0.1, 0.15) is 40.2 Å². The van der Waals surface area contributed by atoms with Crippen LogP contribution in [-0.2, 0) is 31.3 Å². The number of aromatic amines is 1. The summed E-state index contributed by atoms with van der Waals surface area (Å²) in [6, 6.07) is 28.9. The SMILES string of the molecule is N#Cc1cccc(-c2ccc(S(=O)(=O)NC(Cc3ccc(C4CC(=O)NS4(=O)=O)cc3)c3nc4ccccc4[nH]3)cc2)c1. The number of hydrogen-bond donors (Lipinski definition) is 3. The van der Waals surface area contributed by atoms with Gasteiger partial charge in [-0.25, -0.2) is 26.5 Å². The average Bonchev–Trinajstić information content (AvgIpc) is 3.56. The second-order valence-electron chi connectivity index (χ2n) is 10.2. The molecule has 216 valence electrons. The zero-order chi connectivity index (χ0) is 30.2. The van der Waals surface area contributed by atoms with Crippen molar-refractivity contribution < 1.29 is 21.6 Å². The molecule has 0 saturated carbocycles. The van der Waals surface area contributed by atoms with Crippen molar-refractivity contribution in [1.29, 1.82) is 5.26 Å². The highest BCUT2D eigenvalue weighted by Crippen LogP contribution is 2.31. The lowest BCUT2D eigenvalue weighted by molar-refractivity contribution is -0.118. The number of carbonyl (C=O) groups excluding carboxylic acids is 1. The van der Waals surface area contributed by atoms with Crippen LogP contribution in [0.4, 0.5) is 0 Å². The number of carbonyl (C=O) groups is 1. The molecule has 43 heavy (non-hydrogen) atoms. The number of imidazole rings is 1. The summed E-state index contributed by atoms with van der Waals surface area (Å²) in [5.41, 5.74) is 4.72. The third-order valence-corrected chi connectivity index (χ3v) is 10.5. The van der Waals surface area contributed by atoms with Crippen LogP contribution >= 0.6 is 0 Å². The Balaban J connectivity index is 1.28. The quantitative estimate of drug-likeness (QED) is 0.236. The van der Waals surface area contributed by atoms with Crippen LogP contribution in [0.2, 0.25) is 0 Å². The van der Waals surface area contributed by atoms with Crippen molar-refractivity contribution in [3.05, 3.63) is 120 Å². The van der Waals surface area contributed by atoms with Gasteiger partial charge in [-0.2, -0.15) is 5.26 Å². The zero-order valence-electron chi connectivity index (χ0n) is 22.6. The summed E-state index contributed by atoms with van der Waals surface area (Å²) in [5.74, 6) is -0.121. The van der Waals surface area contributed by atoms with Crippen LogP contribution in [0, 0.1) is 11.3 Å². The van der Waals surface area contributed by atoms with Gasteiger partial charge in [0.05, 0.1) is 40.0 Å². The summed E-state index contributed by atoms with van der Waals surface area (Å²) in [7, 11) is -7.79. The molecule has 3 N–H and O–H groups in total. The van der Waals surface area contributed by atoms with Crippen molar-refractivity contribution in [1.82, 2.24) is 19.4 Å². The number of para-hydroxylation sites is 2. The van der Waals surface area contributed by atoms with E-state index in [4.69, 9.17) is 0 Å². The van der Waals surface area contributed by atoms with E-state index in [9.17, 15) is 26.9 Å². The molecule has 2 heterocycles. The molecule has 0 spiro atoms. The van der Waals surface area contributed by atoms with E-state index in [0.717, 1.165) is 22.2 Å². The minimum atomic E-state index is -4.01. The summed E-state index contributed by atoms with van der Waals surface area (Å²) in [6.07, 6.45) is 0.0681. The number of rotatable bonds is 8. The first-order valence-electron chi connectivity index (χ1n) is 13.3. The number of amides is 1. The molecule has 0 radical (unpaired) electrons. The first kappa shape index (κ1) is 28.3. The van der Waals surface area contributed by atoms with Crippen LogP contribution in [0.3, 0.4) is 0 Å². The summed E-state index contributed by atoms with van der Waals surface area (Å²) >= 11 is 0. The Bertz CT molecular complexity index is 2070. The Kier molecular flexibility index (Phi) is 7.31. The molecule has 5 aromatic rings. The molecule has 2 unspecified atom stereocenters. The van der Waals surface area contributed by atoms with Gasteiger partial charge in [0.15, 0.2) is 0 Å². The van der Waals surface area contributed by atoms with Gasteiger partial charge in [0, 0.05) is 0 Å². The Morgan fingerprint density at radius 1 is 0.953 bits per heavy atom. The molecule has 10 nitrogen and oxygen atoms in total. The number of aromatic nitrogens is 2. The smallest absolute Gasteiger partial charge is 0.242 e. The number of fused-ring (bicyclic) bond motifs is 1. The molecular formula is C31H25N5O5S2. The maximum atomic E-state index is 13.6. The predicted molar refractivity (Wildman–Crippen MR) is 160 cm³/mol. The van der Waals surface area contributed by atoms with E-state index >= 15 is 0 Å². The van der Waals surface area contributed by atoms with Crippen LogP contribution in [0.25, 0.3) is 22.2 Å². The van der Waals surface area contributed by atoms with E-state index in [1.54, 1.807) is 54.6 Å². The van der Waals surface area contributed by atoms with Gasteiger partial charge in [-0.3, -0.25) is 9.52 Å². The Labute approximate surface area is 248 Å². The average molecular weight is 612 g/mol. The molecular weight excluding hydrogens is 587 g/mol. The van der Waals surface area contributed by atoms with Gasteiger partial charge < -0.3 is 4.98 Å². The zero-order valence-corrected chi connectivity index (χ0v) is 24.2. The predicted octanol–water partition coefficient (Wildman–Crippen LogP) is 4.25. The van der Waals surface area contributed by atoms with Gasteiger partial charge in [-0.1, -0.05) is 60.7 Å². The van der Waals surface area contributed by atoms with E-state index in [2.05, 4.69) is 20.8 Å². The molecule has 1 saturated heterocycles. The lowest BCUT2D eigenvalue weighted by atomic mass is 10.0. The van der Waals surface area contributed by atoms with Gasteiger partial charge in [-0.15, -0.1) is 0 Å². The number of sulfonamides is 2. The number of benzene rings is 4. The highest BCUT2D eigenvalue weighted by Gasteiger charge is 2.37. The van der Waals surface area contributed by atoms with Gasteiger partial charge in [0.25, 0.3) is 0 Å². The molecule has 6 rings (SSSR count). The van der Waals surface area contributed by atoms with Crippen molar-refractivity contribution >= 4 is 37.0 Å². The van der Waals surface area contributed by atoms with Gasteiger partial charge >= 0.3 is 0 Å². The molecule has 4 aromatic carbocycles. The fraction of sp³-hybridized carbons (Fsp3) is 0.129. The van der Waals surface area contributed by atoms with Gasteiger partial charge in [0.1, 0.15) is 11.1 Å². The highest BCUT2D eigenvalue weighted by molar-refractivity contribution is 7.90. The van der Waals surface area contributed by atoms with Crippen molar-refractivity contribution in [3.63, 3.8) is 0 Å². The maximum absolute atomic E-state index is 13.6. The molecule has 1 aliphatic heterocycles. The van der Waals surface area contributed by atoms with E-state index in [1.807, 2.05) is 35.1 Å². The molecule has 1 fully saturated rings. The lowest BCUT2D eigenvalue weighted by Gasteiger charge is -2.18. The number of nitrogens with zero attached hydrogens (tertiary/aromatic N) is 2. The van der Waals surface area contributed by atoms with Crippen LogP contribution < -0.4 is 9.44 Å². The molecule has 1 aromatic heterocycles. The second-order valence-corrected chi connectivity index (χ2v) is 13.8. The largest absolute Gasteiger partial charge is 0.341 e. The second kappa shape index (κ2) is 11.1. The Morgan fingerprint density at radius 2 is 1.70 bits per heavy atom. The van der Waals surface area contributed by atoms with Crippen LogP contribution in [0.5, 0.6) is 0 Å². The Morgan fingerprint density at radius 3 is 2.37 bits per heavy atom. The molecule has 1 aliphatic rings. The van der Waals surface area contributed by atoms with Gasteiger partial charge in [0.2, 0.25) is 26.0 Å². The van der Waals surface area contributed by atoms with Crippen LogP contribution in [-0.4, -0.2) is 32.7 Å². The van der Waals surface area contributed by atoms with Gasteiger partial charge in [-0.05, 0) is 65.1 Å². The minimum Gasteiger partial charge on any atom is -0.341 e. The van der Waals surface area contributed by atoms with E-state index < -0.39 is 37.2 Å². The van der Waals surface area contributed by atoms with E-state index in [-0.39, 0.29) is 17.7 Å². The normalized spacial score (nSPS) is 16.9.